The molecular formula is C16H11F3N2O3. The monoisotopic (exact) mass is 336 g/mol. The van der Waals surface area contributed by atoms with Gasteiger partial charge < -0.3 is 4.74 Å². The average Bonchev–Trinajstić information content (AvgIpc) is 2.53. The third-order valence-electron chi connectivity index (χ3n) is 3.53. The van der Waals surface area contributed by atoms with E-state index < -0.39 is 23.0 Å². The van der Waals surface area contributed by atoms with Crippen molar-refractivity contribution >= 4 is 10.9 Å². The standard InChI is InChI=1S/C16H11F3N2O3/c1-24-12-8-9(16(17,18)19)7-11-13(12)14(22)20-15(23)21(11)10-5-3-2-4-6-10/h2-8H,1H3,(H,20,22,23). The van der Waals surface area contributed by atoms with E-state index in [0.717, 1.165) is 23.8 Å². The Kier molecular flexibility index (Phi) is 3.67. The highest BCUT2D eigenvalue weighted by Gasteiger charge is 2.32. The quantitative estimate of drug-likeness (QED) is 0.783. The van der Waals surface area contributed by atoms with E-state index in [2.05, 4.69) is 4.98 Å². The summed E-state index contributed by atoms with van der Waals surface area (Å²) in [6.45, 7) is 0. The minimum Gasteiger partial charge on any atom is -0.496 e. The molecule has 1 N–H and O–H groups in total. The summed E-state index contributed by atoms with van der Waals surface area (Å²) in [7, 11) is 1.16. The fourth-order valence-corrected chi connectivity index (χ4v) is 2.49. The predicted molar refractivity (Wildman–Crippen MR) is 81.7 cm³/mol. The maximum Gasteiger partial charge on any atom is 0.416 e. The van der Waals surface area contributed by atoms with E-state index in [1.165, 1.54) is 0 Å². The highest BCUT2D eigenvalue weighted by atomic mass is 19.4. The van der Waals surface area contributed by atoms with Gasteiger partial charge in [-0.05, 0) is 24.3 Å². The van der Waals surface area contributed by atoms with Crippen molar-refractivity contribution in [2.24, 2.45) is 0 Å². The predicted octanol–water partition coefficient (Wildman–Crippen LogP) is 2.71. The first kappa shape index (κ1) is 15.9. The van der Waals surface area contributed by atoms with Gasteiger partial charge in [0.2, 0.25) is 0 Å². The Labute approximate surface area is 132 Å². The SMILES string of the molecule is COc1cc(C(F)(F)F)cc2c1c(=O)[nH]c(=O)n2-c1ccccc1. The van der Waals surface area contributed by atoms with Crippen molar-refractivity contribution < 1.29 is 17.9 Å². The number of ether oxygens (including phenoxy) is 1. The number of fused-ring (bicyclic) bond motifs is 1. The van der Waals surface area contributed by atoms with Gasteiger partial charge in [-0.1, -0.05) is 18.2 Å². The second-order valence-electron chi connectivity index (χ2n) is 5.00. The number of methoxy groups -OCH3 is 1. The van der Waals surface area contributed by atoms with Crippen LogP contribution in [0.3, 0.4) is 0 Å². The first-order chi connectivity index (χ1) is 11.3. The van der Waals surface area contributed by atoms with E-state index in [9.17, 15) is 22.8 Å². The van der Waals surface area contributed by atoms with Crippen LogP contribution in [-0.4, -0.2) is 16.7 Å². The van der Waals surface area contributed by atoms with Gasteiger partial charge in [-0.2, -0.15) is 13.2 Å². The van der Waals surface area contributed by atoms with Crippen molar-refractivity contribution in [3.63, 3.8) is 0 Å². The number of rotatable bonds is 2. The van der Waals surface area contributed by atoms with Gasteiger partial charge in [-0.25, -0.2) is 4.79 Å². The number of aromatic nitrogens is 2. The molecule has 8 heteroatoms. The molecule has 3 aromatic rings. The second-order valence-corrected chi connectivity index (χ2v) is 5.00. The average molecular weight is 336 g/mol. The van der Waals surface area contributed by atoms with E-state index in [1.54, 1.807) is 30.3 Å². The third-order valence-corrected chi connectivity index (χ3v) is 3.53. The van der Waals surface area contributed by atoms with Crippen molar-refractivity contribution in [2.75, 3.05) is 7.11 Å². The van der Waals surface area contributed by atoms with Crippen LogP contribution in [0.5, 0.6) is 5.75 Å². The van der Waals surface area contributed by atoms with Gasteiger partial charge in [0.05, 0.1) is 23.9 Å². The lowest BCUT2D eigenvalue weighted by Gasteiger charge is -2.15. The minimum atomic E-state index is -4.65. The van der Waals surface area contributed by atoms with Crippen LogP contribution >= 0.6 is 0 Å². The summed E-state index contributed by atoms with van der Waals surface area (Å²) in [4.78, 5) is 26.4. The van der Waals surface area contributed by atoms with Crippen LogP contribution in [0.25, 0.3) is 16.6 Å². The lowest BCUT2D eigenvalue weighted by Crippen LogP contribution is -2.29. The fraction of sp³-hybridized carbons (Fsp3) is 0.125. The molecule has 0 amide bonds. The number of halogens is 3. The van der Waals surface area contributed by atoms with Crippen molar-refractivity contribution in [1.29, 1.82) is 0 Å². The molecule has 0 saturated carbocycles. The Bertz CT molecular complexity index is 1020. The summed E-state index contributed by atoms with van der Waals surface area (Å²) in [5.74, 6) is -0.259. The van der Waals surface area contributed by atoms with Crippen LogP contribution in [0, 0.1) is 0 Å². The minimum absolute atomic E-state index is 0.131. The van der Waals surface area contributed by atoms with Crippen LogP contribution in [0.2, 0.25) is 0 Å². The summed E-state index contributed by atoms with van der Waals surface area (Å²) >= 11 is 0. The second kappa shape index (κ2) is 5.55. The maximum atomic E-state index is 13.1. The fourth-order valence-electron chi connectivity index (χ4n) is 2.49. The molecule has 0 fully saturated rings. The number of alkyl halides is 3. The van der Waals surface area contributed by atoms with Crippen molar-refractivity contribution in [3.8, 4) is 11.4 Å². The van der Waals surface area contributed by atoms with Crippen LogP contribution in [0.1, 0.15) is 5.56 Å². The molecule has 0 aliphatic heterocycles. The van der Waals surface area contributed by atoms with E-state index in [1.807, 2.05) is 0 Å². The number of aromatic amines is 1. The first-order valence-electron chi connectivity index (χ1n) is 6.82. The Hall–Kier alpha value is -3.03. The first-order valence-corrected chi connectivity index (χ1v) is 6.82. The molecule has 0 saturated heterocycles. The molecule has 0 aliphatic carbocycles. The number of nitrogens with one attached hydrogen (secondary N) is 1. The molecule has 24 heavy (non-hydrogen) atoms. The molecule has 0 spiro atoms. The van der Waals surface area contributed by atoms with Gasteiger partial charge in [-0.3, -0.25) is 14.3 Å². The van der Waals surface area contributed by atoms with Gasteiger partial charge >= 0.3 is 11.9 Å². The molecule has 1 heterocycles. The Balaban J connectivity index is 2.53. The summed E-state index contributed by atoms with van der Waals surface area (Å²) in [5.41, 5.74) is -2.51. The number of para-hydroxylation sites is 1. The normalized spacial score (nSPS) is 11.7. The molecule has 3 rings (SSSR count). The number of hydrogen-bond donors (Lipinski definition) is 1. The molecule has 0 atom stereocenters. The zero-order valence-electron chi connectivity index (χ0n) is 12.3. The zero-order valence-corrected chi connectivity index (χ0v) is 12.3. The highest BCUT2D eigenvalue weighted by Crippen LogP contribution is 2.35. The molecule has 0 radical (unpaired) electrons. The lowest BCUT2D eigenvalue weighted by atomic mass is 10.1. The summed E-state index contributed by atoms with van der Waals surface area (Å²) in [6, 6.07) is 9.55. The molecule has 0 unspecified atom stereocenters. The van der Waals surface area contributed by atoms with Gasteiger partial charge in [0.15, 0.2) is 0 Å². The Morgan fingerprint density at radius 2 is 1.75 bits per heavy atom. The van der Waals surface area contributed by atoms with Crippen LogP contribution in [-0.2, 0) is 6.18 Å². The van der Waals surface area contributed by atoms with Crippen LogP contribution < -0.4 is 16.0 Å². The van der Waals surface area contributed by atoms with Gasteiger partial charge in [0.25, 0.3) is 5.56 Å². The van der Waals surface area contributed by atoms with Gasteiger partial charge in [-0.15, -0.1) is 0 Å². The van der Waals surface area contributed by atoms with Crippen molar-refractivity contribution in [1.82, 2.24) is 9.55 Å². The largest absolute Gasteiger partial charge is 0.496 e. The number of benzene rings is 2. The topological polar surface area (TPSA) is 64.1 Å². The molecule has 0 bridgehead atoms. The maximum absolute atomic E-state index is 13.1. The zero-order chi connectivity index (χ0) is 17.5. The smallest absolute Gasteiger partial charge is 0.416 e. The third kappa shape index (κ3) is 2.55. The van der Waals surface area contributed by atoms with E-state index in [0.29, 0.717) is 5.69 Å². The van der Waals surface area contributed by atoms with Crippen LogP contribution in [0.15, 0.2) is 52.1 Å². The molecular weight excluding hydrogens is 325 g/mol. The molecule has 0 aliphatic rings. The molecule has 1 aromatic heterocycles. The number of hydrogen-bond acceptors (Lipinski definition) is 3. The lowest BCUT2D eigenvalue weighted by molar-refractivity contribution is -0.137. The molecule has 2 aromatic carbocycles. The molecule has 124 valence electrons. The van der Waals surface area contributed by atoms with Crippen LogP contribution in [0.4, 0.5) is 13.2 Å². The summed E-state index contributed by atoms with van der Waals surface area (Å²) in [6.07, 6.45) is -4.65. The van der Waals surface area contributed by atoms with E-state index in [4.69, 9.17) is 4.74 Å². The molecule has 5 nitrogen and oxygen atoms in total. The van der Waals surface area contributed by atoms with Gasteiger partial charge in [0.1, 0.15) is 11.1 Å². The van der Waals surface area contributed by atoms with E-state index in [-0.39, 0.29) is 16.7 Å². The highest BCUT2D eigenvalue weighted by molar-refractivity contribution is 5.86. The Morgan fingerprint density at radius 1 is 1.08 bits per heavy atom. The number of H-pyrrole nitrogens is 1. The number of nitrogens with zero attached hydrogens (tertiary/aromatic N) is 1. The summed E-state index contributed by atoms with van der Waals surface area (Å²) in [5, 5.41) is -0.131. The van der Waals surface area contributed by atoms with E-state index >= 15 is 0 Å². The van der Waals surface area contributed by atoms with Gasteiger partial charge in [0, 0.05) is 0 Å². The van der Waals surface area contributed by atoms with Crippen molar-refractivity contribution in [3.05, 3.63) is 68.9 Å². The summed E-state index contributed by atoms with van der Waals surface area (Å²) < 4.78 is 45.4. The Morgan fingerprint density at radius 3 is 2.33 bits per heavy atom. The van der Waals surface area contributed by atoms with Crippen molar-refractivity contribution in [2.45, 2.75) is 6.18 Å².